The molecule has 0 N–H and O–H groups in total. The molecule has 0 aromatic rings. The van der Waals surface area contributed by atoms with Gasteiger partial charge in [0.2, 0.25) is 0 Å². The molecule has 0 saturated heterocycles. The fourth-order valence-electron chi connectivity index (χ4n) is 0.219. The summed E-state index contributed by atoms with van der Waals surface area (Å²) in [5.41, 5.74) is 0. The first-order valence-corrected chi connectivity index (χ1v) is 2.26. The van der Waals surface area contributed by atoms with E-state index in [9.17, 15) is 0 Å². The molecular formula is C5H10NO. The van der Waals surface area contributed by atoms with Crippen LogP contribution >= 0.6 is 0 Å². The molecule has 1 radical (unpaired) electrons. The second kappa shape index (κ2) is 5.47. The van der Waals surface area contributed by atoms with Crippen LogP contribution in [0.2, 0.25) is 0 Å². The summed E-state index contributed by atoms with van der Waals surface area (Å²) in [6.07, 6.45) is 3.48. The first kappa shape index (κ1) is 6.47. The third-order valence-corrected chi connectivity index (χ3v) is 0.513. The quantitative estimate of drug-likeness (QED) is 0.386. The van der Waals surface area contributed by atoms with Gasteiger partial charge in [-0.1, -0.05) is 12.1 Å². The topological polar surface area (TPSA) is 21.6 Å². The number of rotatable bonds is 3. The van der Waals surface area contributed by atoms with E-state index in [1.165, 1.54) is 7.11 Å². The fourth-order valence-corrected chi connectivity index (χ4v) is 0.219. The van der Waals surface area contributed by atoms with E-state index < -0.39 is 0 Å². The molecular weight excluding hydrogens is 90.1 g/mol. The average molecular weight is 100 g/mol. The lowest BCUT2D eigenvalue weighted by atomic mass is 10.4. The van der Waals surface area contributed by atoms with Gasteiger partial charge in [-0.2, -0.15) is 0 Å². The first-order chi connectivity index (χ1) is 3.41. The van der Waals surface area contributed by atoms with Crippen LogP contribution in [0.15, 0.2) is 5.16 Å². The van der Waals surface area contributed by atoms with E-state index in [1.54, 1.807) is 6.21 Å². The van der Waals surface area contributed by atoms with Gasteiger partial charge in [0, 0.05) is 6.21 Å². The highest BCUT2D eigenvalue weighted by Crippen LogP contribution is 1.78. The van der Waals surface area contributed by atoms with Crippen LogP contribution in [0, 0.1) is 6.92 Å². The predicted octanol–water partition coefficient (Wildman–Crippen LogP) is 1.23. The Kier molecular flexibility index (Phi) is 5.06. The van der Waals surface area contributed by atoms with Crippen molar-refractivity contribution in [3.63, 3.8) is 0 Å². The summed E-state index contributed by atoms with van der Waals surface area (Å²) in [5.74, 6) is 0. The van der Waals surface area contributed by atoms with Crippen LogP contribution in [0.5, 0.6) is 0 Å². The minimum absolute atomic E-state index is 0.882. The van der Waals surface area contributed by atoms with Gasteiger partial charge >= 0.3 is 0 Å². The highest BCUT2D eigenvalue weighted by atomic mass is 16.6. The Morgan fingerprint density at radius 1 is 1.86 bits per heavy atom. The molecule has 0 aliphatic carbocycles. The second-order valence-electron chi connectivity index (χ2n) is 1.11. The van der Waals surface area contributed by atoms with Gasteiger partial charge < -0.3 is 4.84 Å². The highest BCUT2D eigenvalue weighted by molar-refractivity contribution is 5.56. The molecule has 0 bridgehead atoms. The lowest BCUT2D eigenvalue weighted by Crippen LogP contribution is -1.73. The Morgan fingerprint density at radius 2 is 2.57 bits per heavy atom. The molecule has 0 fully saturated rings. The third kappa shape index (κ3) is 5.47. The predicted molar refractivity (Wildman–Crippen MR) is 30.1 cm³/mol. The van der Waals surface area contributed by atoms with Gasteiger partial charge in [0.05, 0.1) is 0 Å². The van der Waals surface area contributed by atoms with Crippen molar-refractivity contribution in [1.29, 1.82) is 0 Å². The highest BCUT2D eigenvalue weighted by Gasteiger charge is 1.69. The first-order valence-electron chi connectivity index (χ1n) is 2.26. The Balaban J connectivity index is 2.78. The van der Waals surface area contributed by atoms with Gasteiger partial charge in [0.25, 0.3) is 0 Å². The van der Waals surface area contributed by atoms with Crippen LogP contribution < -0.4 is 0 Å². The number of hydrogen-bond acceptors (Lipinski definition) is 2. The van der Waals surface area contributed by atoms with Crippen LogP contribution in [-0.4, -0.2) is 13.3 Å². The third-order valence-electron chi connectivity index (χ3n) is 0.513. The van der Waals surface area contributed by atoms with E-state index in [2.05, 4.69) is 16.9 Å². The van der Waals surface area contributed by atoms with Crippen LogP contribution in [0.25, 0.3) is 0 Å². The SMILES string of the molecule is [CH2]CCC=NOC. The summed E-state index contributed by atoms with van der Waals surface area (Å²) in [4.78, 5) is 4.39. The van der Waals surface area contributed by atoms with Crippen molar-refractivity contribution in [2.45, 2.75) is 12.8 Å². The van der Waals surface area contributed by atoms with Crippen LogP contribution in [0.1, 0.15) is 12.8 Å². The maximum Gasteiger partial charge on any atom is 0.106 e. The van der Waals surface area contributed by atoms with Gasteiger partial charge in [-0.25, -0.2) is 0 Å². The molecule has 0 rings (SSSR count). The standard InChI is InChI=1S/C5H10NO/c1-3-4-5-6-7-2/h5H,1,3-4H2,2H3. The number of nitrogens with zero attached hydrogens (tertiary/aromatic N) is 1. The van der Waals surface area contributed by atoms with Crippen molar-refractivity contribution in [3.05, 3.63) is 6.92 Å². The zero-order chi connectivity index (χ0) is 5.54. The van der Waals surface area contributed by atoms with Crippen molar-refractivity contribution in [2.75, 3.05) is 7.11 Å². The molecule has 0 heterocycles. The maximum atomic E-state index is 4.39. The van der Waals surface area contributed by atoms with Gasteiger partial charge in [0.15, 0.2) is 0 Å². The van der Waals surface area contributed by atoms with E-state index >= 15 is 0 Å². The molecule has 7 heavy (non-hydrogen) atoms. The summed E-state index contributed by atoms with van der Waals surface area (Å²) >= 11 is 0. The summed E-state index contributed by atoms with van der Waals surface area (Å²) in [6, 6.07) is 0. The molecule has 0 aliphatic heterocycles. The minimum Gasteiger partial charge on any atom is -0.399 e. The van der Waals surface area contributed by atoms with Gasteiger partial charge in [-0.05, 0) is 12.8 Å². The summed E-state index contributed by atoms with van der Waals surface area (Å²) in [6.45, 7) is 3.61. The summed E-state index contributed by atoms with van der Waals surface area (Å²) < 4.78 is 0. The lowest BCUT2D eigenvalue weighted by molar-refractivity contribution is 0.214. The molecule has 0 aromatic heterocycles. The van der Waals surface area contributed by atoms with Crippen molar-refractivity contribution in [3.8, 4) is 0 Å². The van der Waals surface area contributed by atoms with Gasteiger partial charge in [-0.15, -0.1) is 0 Å². The molecule has 0 spiro atoms. The molecule has 0 saturated carbocycles. The Bertz CT molecular complexity index is 52.0. The molecule has 2 heteroatoms. The molecule has 0 aliphatic rings. The molecule has 0 unspecified atom stereocenters. The summed E-state index contributed by atoms with van der Waals surface area (Å²) in [7, 11) is 1.53. The lowest BCUT2D eigenvalue weighted by Gasteiger charge is -1.82. The van der Waals surface area contributed by atoms with Gasteiger partial charge in [0.1, 0.15) is 7.11 Å². The van der Waals surface area contributed by atoms with E-state index in [1.807, 2.05) is 0 Å². The zero-order valence-corrected chi connectivity index (χ0v) is 4.55. The molecule has 2 nitrogen and oxygen atoms in total. The zero-order valence-electron chi connectivity index (χ0n) is 4.55. The number of hydrogen-bond donors (Lipinski definition) is 0. The number of oxime groups is 1. The largest absolute Gasteiger partial charge is 0.399 e. The summed E-state index contributed by atoms with van der Waals surface area (Å²) in [5, 5.41) is 3.50. The Hall–Kier alpha value is -0.530. The average Bonchev–Trinajstić information content (AvgIpc) is 1.69. The maximum absolute atomic E-state index is 4.39. The van der Waals surface area contributed by atoms with Gasteiger partial charge in [-0.3, -0.25) is 0 Å². The van der Waals surface area contributed by atoms with Crippen molar-refractivity contribution < 1.29 is 4.84 Å². The number of unbranched alkanes of at least 4 members (excludes halogenated alkanes) is 1. The molecule has 41 valence electrons. The van der Waals surface area contributed by atoms with E-state index in [0.29, 0.717) is 0 Å². The van der Waals surface area contributed by atoms with Crippen LogP contribution in [0.3, 0.4) is 0 Å². The molecule has 0 aromatic carbocycles. The Morgan fingerprint density at radius 3 is 3.00 bits per heavy atom. The minimum atomic E-state index is 0.882. The molecule has 0 amide bonds. The Labute approximate surface area is 44.2 Å². The van der Waals surface area contributed by atoms with Crippen molar-refractivity contribution >= 4 is 6.21 Å². The van der Waals surface area contributed by atoms with Crippen LogP contribution in [-0.2, 0) is 4.84 Å². The normalized spacial score (nSPS) is 10.0. The van der Waals surface area contributed by atoms with Crippen molar-refractivity contribution in [1.82, 2.24) is 0 Å². The van der Waals surface area contributed by atoms with Crippen molar-refractivity contribution in [2.24, 2.45) is 5.16 Å². The van der Waals surface area contributed by atoms with E-state index in [0.717, 1.165) is 12.8 Å². The monoisotopic (exact) mass is 100 g/mol. The van der Waals surface area contributed by atoms with E-state index in [-0.39, 0.29) is 0 Å². The second-order valence-corrected chi connectivity index (χ2v) is 1.11. The van der Waals surface area contributed by atoms with E-state index in [4.69, 9.17) is 0 Å². The fraction of sp³-hybridized carbons (Fsp3) is 0.600. The smallest absolute Gasteiger partial charge is 0.106 e. The van der Waals surface area contributed by atoms with Crippen LogP contribution in [0.4, 0.5) is 0 Å². The molecule has 0 atom stereocenters.